The summed E-state index contributed by atoms with van der Waals surface area (Å²) in [4.78, 5) is 14.5. The Kier molecular flexibility index (Phi) is 4.42. The number of amides is 1. The zero-order valence-electron chi connectivity index (χ0n) is 13.6. The SMILES string of the molecule is CN(C(=O)c1cnn(-c2ccccc2S(C)(=O)=O)c1)C1CCNC1. The average Bonchev–Trinajstić information content (AvgIpc) is 3.24. The molecule has 3 rings (SSSR count). The van der Waals surface area contributed by atoms with E-state index in [9.17, 15) is 13.2 Å². The Morgan fingerprint density at radius 2 is 2.12 bits per heavy atom. The quantitative estimate of drug-likeness (QED) is 0.880. The predicted molar refractivity (Wildman–Crippen MR) is 90.0 cm³/mol. The van der Waals surface area contributed by atoms with Crippen LogP contribution in [0.4, 0.5) is 0 Å². The van der Waals surface area contributed by atoms with Crippen molar-refractivity contribution in [2.45, 2.75) is 17.4 Å². The topological polar surface area (TPSA) is 84.3 Å². The van der Waals surface area contributed by atoms with Gasteiger partial charge in [-0.3, -0.25) is 4.79 Å². The molecule has 1 unspecified atom stereocenters. The molecule has 0 aliphatic carbocycles. The van der Waals surface area contributed by atoms with Gasteiger partial charge < -0.3 is 10.2 Å². The zero-order valence-corrected chi connectivity index (χ0v) is 14.5. The molecule has 1 amide bonds. The van der Waals surface area contributed by atoms with Gasteiger partial charge >= 0.3 is 0 Å². The first-order valence-corrected chi connectivity index (χ1v) is 9.59. The van der Waals surface area contributed by atoms with E-state index in [0.29, 0.717) is 11.3 Å². The average molecular weight is 348 g/mol. The molecule has 1 N–H and O–H groups in total. The normalized spacial score (nSPS) is 17.8. The van der Waals surface area contributed by atoms with Crippen LogP contribution in [-0.2, 0) is 9.84 Å². The number of sulfone groups is 1. The predicted octanol–water partition coefficient (Wildman–Crippen LogP) is 0.710. The highest BCUT2D eigenvalue weighted by molar-refractivity contribution is 7.90. The molecule has 0 bridgehead atoms. The molecule has 1 aromatic heterocycles. The number of likely N-dealkylation sites (N-methyl/N-ethyl adjacent to an activating group) is 1. The van der Waals surface area contributed by atoms with Gasteiger partial charge in [-0.1, -0.05) is 12.1 Å². The molecule has 1 aliphatic heterocycles. The van der Waals surface area contributed by atoms with Gasteiger partial charge in [-0.2, -0.15) is 5.10 Å². The van der Waals surface area contributed by atoms with Gasteiger partial charge in [-0.15, -0.1) is 0 Å². The highest BCUT2D eigenvalue weighted by Crippen LogP contribution is 2.20. The van der Waals surface area contributed by atoms with E-state index in [1.807, 2.05) is 0 Å². The molecule has 24 heavy (non-hydrogen) atoms. The smallest absolute Gasteiger partial charge is 0.257 e. The van der Waals surface area contributed by atoms with E-state index in [2.05, 4.69) is 10.4 Å². The van der Waals surface area contributed by atoms with E-state index in [0.717, 1.165) is 25.8 Å². The van der Waals surface area contributed by atoms with Crippen molar-refractivity contribution in [2.75, 3.05) is 26.4 Å². The number of benzene rings is 1. The third kappa shape index (κ3) is 3.20. The first-order chi connectivity index (χ1) is 11.4. The first kappa shape index (κ1) is 16.7. The van der Waals surface area contributed by atoms with Gasteiger partial charge in [0.1, 0.15) is 0 Å². The fraction of sp³-hybridized carbons (Fsp3) is 0.375. The molecule has 2 heterocycles. The van der Waals surface area contributed by atoms with Gasteiger partial charge in [0.05, 0.1) is 22.3 Å². The van der Waals surface area contributed by atoms with E-state index in [1.54, 1.807) is 36.3 Å². The maximum atomic E-state index is 12.6. The number of carbonyl (C=O) groups is 1. The molecule has 1 aromatic carbocycles. The van der Waals surface area contributed by atoms with Crippen LogP contribution in [0.15, 0.2) is 41.6 Å². The van der Waals surface area contributed by atoms with Crippen LogP contribution >= 0.6 is 0 Å². The monoisotopic (exact) mass is 348 g/mol. The van der Waals surface area contributed by atoms with Crippen LogP contribution in [0.1, 0.15) is 16.8 Å². The van der Waals surface area contributed by atoms with Crippen LogP contribution in [0.2, 0.25) is 0 Å². The van der Waals surface area contributed by atoms with Gasteiger partial charge in [0.2, 0.25) is 0 Å². The Morgan fingerprint density at radius 1 is 1.38 bits per heavy atom. The highest BCUT2D eigenvalue weighted by atomic mass is 32.2. The molecule has 1 aliphatic rings. The number of nitrogens with one attached hydrogen (secondary N) is 1. The largest absolute Gasteiger partial charge is 0.337 e. The molecular formula is C16H20N4O3S. The molecule has 1 fully saturated rings. The number of para-hydroxylation sites is 1. The second-order valence-electron chi connectivity index (χ2n) is 5.98. The molecule has 0 spiro atoms. The van der Waals surface area contributed by atoms with E-state index < -0.39 is 9.84 Å². The number of aromatic nitrogens is 2. The van der Waals surface area contributed by atoms with Crippen molar-refractivity contribution in [3.8, 4) is 5.69 Å². The maximum Gasteiger partial charge on any atom is 0.257 e. The van der Waals surface area contributed by atoms with Crippen LogP contribution in [0.3, 0.4) is 0 Å². The van der Waals surface area contributed by atoms with Crippen molar-refractivity contribution in [2.24, 2.45) is 0 Å². The summed E-state index contributed by atoms with van der Waals surface area (Å²) < 4.78 is 25.3. The Morgan fingerprint density at radius 3 is 2.79 bits per heavy atom. The molecule has 128 valence electrons. The Balaban J connectivity index is 1.90. The van der Waals surface area contributed by atoms with E-state index in [4.69, 9.17) is 0 Å². The first-order valence-electron chi connectivity index (χ1n) is 7.70. The van der Waals surface area contributed by atoms with Crippen molar-refractivity contribution in [3.05, 3.63) is 42.2 Å². The van der Waals surface area contributed by atoms with Crippen LogP contribution in [0.5, 0.6) is 0 Å². The molecule has 7 nitrogen and oxygen atoms in total. The van der Waals surface area contributed by atoms with Gasteiger partial charge in [0, 0.05) is 32.1 Å². The van der Waals surface area contributed by atoms with Gasteiger partial charge in [0.25, 0.3) is 5.91 Å². The van der Waals surface area contributed by atoms with Crippen molar-refractivity contribution in [1.29, 1.82) is 0 Å². The summed E-state index contributed by atoms with van der Waals surface area (Å²) >= 11 is 0. The summed E-state index contributed by atoms with van der Waals surface area (Å²) in [5, 5.41) is 7.41. The van der Waals surface area contributed by atoms with Gasteiger partial charge in [-0.05, 0) is 25.1 Å². The van der Waals surface area contributed by atoms with Crippen LogP contribution in [0, 0.1) is 0 Å². The summed E-state index contributed by atoms with van der Waals surface area (Å²) in [6.07, 6.45) is 5.13. The van der Waals surface area contributed by atoms with E-state index in [1.165, 1.54) is 16.9 Å². The number of hydrogen-bond acceptors (Lipinski definition) is 5. The number of hydrogen-bond donors (Lipinski definition) is 1. The zero-order chi connectivity index (χ0) is 17.3. The van der Waals surface area contributed by atoms with Crippen LogP contribution in [0.25, 0.3) is 5.69 Å². The minimum absolute atomic E-state index is 0.119. The molecule has 2 aromatic rings. The fourth-order valence-electron chi connectivity index (χ4n) is 2.86. The third-order valence-corrected chi connectivity index (χ3v) is 5.39. The Hall–Kier alpha value is -2.19. The lowest BCUT2D eigenvalue weighted by atomic mass is 10.2. The lowest BCUT2D eigenvalue weighted by Gasteiger charge is -2.23. The molecule has 1 saturated heterocycles. The van der Waals surface area contributed by atoms with E-state index >= 15 is 0 Å². The maximum absolute atomic E-state index is 12.6. The molecule has 8 heteroatoms. The van der Waals surface area contributed by atoms with Crippen molar-refractivity contribution in [3.63, 3.8) is 0 Å². The fourth-order valence-corrected chi connectivity index (χ4v) is 3.73. The summed E-state index contributed by atoms with van der Waals surface area (Å²) in [5.74, 6) is -0.119. The lowest BCUT2D eigenvalue weighted by molar-refractivity contribution is 0.0744. The molecule has 0 saturated carbocycles. The summed E-state index contributed by atoms with van der Waals surface area (Å²) in [7, 11) is -1.61. The molecule has 0 radical (unpaired) electrons. The standard InChI is InChI=1S/C16H20N4O3S/c1-19(13-7-8-17-10-13)16(21)12-9-18-20(11-12)14-5-3-4-6-15(14)24(2,22)23/h3-6,9,11,13,17H,7-8,10H2,1-2H3. The summed E-state index contributed by atoms with van der Waals surface area (Å²) in [6.45, 7) is 1.69. The Labute approximate surface area is 141 Å². The summed E-state index contributed by atoms with van der Waals surface area (Å²) in [6, 6.07) is 6.77. The van der Waals surface area contributed by atoms with Crippen LogP contribution < -0.4 is 5.32 Å². The molecular weight excluding hydrogens is 328 g/mol. The highest BCUT2D eigenvalue weighted by Gasteiger charge is 2.25. The number of rotatable bonds is 4. The Bertz CT molecular complexity index is 854. The number of carbonyl (C=O) groups excluding carboxylic acids is 1. The molecule has 1 atom stereocenters. The van der Waals surface area contributed by atoms with Gasteiger partial charge in [0.15, 0.2) is 9.84 Å². The van der Waals surface area contributed by atoms with E-state index in [-0.39, 0.29) is 16.8 Å². The second-order valence-corrected chi connectivity index (χ2v) is 7.96. The minimum atomic E-state index is -3.39. The van der Waals surface area contributed by atoms with Gasteiger partial charge in [-0.25, -0.2) is 13.1 Å². The lowest BCUT2D eigenvalue weighted by Crippen LogP contribution is -2.38. The van der Waals surface area contributed by atoms with Crippen LogP contribution in [-0.4, -0.2) is 61.4 Å². The second kappa shape index (κ2) is 6.37. The minimum Gasteiger partial charge on any atom is -0.337 e. The number of nitrogens with zero attached hydrogens (tertiary/aromatic N) is 3. The van der Waals surface area contributed by atoms with Crippen molar-refractivity contribution >= 4 is 15.7 Å². The summed E-state index contributed by atoms with van der Waals surface area (Å²) in [5.41, 5.74) is 0.872. The van der Waals surface area contributed by atoms with Crippen molar-refractivity contribution in [1.82, 2.24) is 20.0 Å². The van der Waals surface area contributed by atoms with Crippen molar-refractivity contribution < 1.29 is 13.2 Å². The third-order valence-electron chi connectivity index (χ3n) is 4.24.